The third-order valence-electron chi connectivity index (χ3n) is 5.57. The molecule has 214 valence electrons. The standard InChI is InChI=1S/C27H29NO12/c1-14(29)35-13-22-24(36-15(2)30)25(37-16(3)31)26(38-17(4)32)27(40-22)39-19-10-11-20(21(33)12-19)23(28-34)18-8-6-5-7-9-18/h5-12,22,24-27,33-34H,13H2,1-4H3/b28-23+. The van der Waals surface area contributed by atoms with Crippen molar-refractivity contribution in [3.63, 3.8) is 0 Å². The first kappa shape index (κ1) is 29.9. The molecule has 1 fully saturated rings. The van der Waals surface area contributed by atoms with Gasteiger partial charge in [-0.1, -0.05) is 35.5 Å². The Bertz CT molecular complexity index is 1260. The van der Waals surface area contributed by atoms with Crippen LogP contribution in [-0.4, -0.2) is 77.2 Å². The highest BCUT2D eigenvalue weighted by Gasteiger charge is 2.53. The predicted octanol–water partition coefficient (Wildman–Crippen LogP) is 2.08. The second-order valence-corrected chi connectivity index (χ2v) is 8.68. The molecule has 2 N–H and O–H groups in total. The molecule has 0 radical (unpaired) electrons. The zero-order valence-electron chi connectivity index (χ0n) is 22.1. The molecule has 5 unspecified atom stereocenters. The minimum Gasteiger partial charge on any atom is -0.507 e. The normalized spacial score (nSPS) is 22.5. The van der Waals surface area contributed by atoms with Gasteiger partial charge in [0.25, 0.3) is 0 Å². The summed E-state index contributed by atoms with van der Waals surface area (Å²) < 4.78 is 32.9. The molecule has 3 rings (SSSR count). The summed E-state index contributed by atoms with van der Waals surface area (Å²) in [5.41, 5.74) is 0.813. The van der Waals surface area contributed by atoms with Crippen molar-refractivity contribution in [2.75, 3.05) is 6.61 Å². The van der Waals surface area contributed by atoms with E-state index < -0.39 is 61.2 Å². The second kappa shape index (κ2) is 13.4. The van der Waals surface area contributed by atoms with Gasteiger partial charge in [-0.15, -0.1) is 0 Å². The van der Waals surface area contributed by atoms with Crippen molar-refractivity contribution in [2.24, 2.45) is 5.16 Å². The second-order valence-electron chi connectivity index (χ2n) is 8.68. The maximum Gasteiger partial charge on any atom is 0.303 e. The highest BCUT2D eigenvalue weighted by atomic mass is 16.7. The van der Waals surface area contributed by atoms with Gasteiger partial charge in [0.2, 0.25) is 12.4 Å². The Hall–Kier alpha value is -4.65. The molecule has 0 aromatic heterocycles. The van der Waals surface area contributed by atoms with Crippen molar-refractivity contribution in [3.8, 4) is 11.5 Å². The summed E-state index contributed by atoms with van der Waals surface area (Å²) in [6.07, 6.45) is -6.88. The maximum atomic E-state index is 12.0. The van der Waals surface area contributed by atoms with Gasteiger partial charge in [0.15, 0.2) is 12.2 Å². The molecule has 13 heteroatoms. The quantitative estimate of drug-likeness (QED) is 0.151. The number of esters is 4. The number of phenolic OH excluding ortho intramolecular Hbond substituents is 1. The van der Waals surface area contributed by atoms with Crippen molar-refractivity contribution in [1.82, 2.24) is 0 Å². The zero-order chi connectivity index (χ0) is 29.4. The molecule has 1 heterocycles. The molecule has 0 bridgehead atoms. The molecule has 0 saturated carbocycles. The maximum absolute atomic E-state index is 12.0. The molecule has 1 aliphatic heterocycles. The van der Waals surface area contributed by atoms with Crippen LogP contribution in [0.5, 0.6) is 11.5 Å². The molecule has 40 heavy (non-hydrogen) atoms. The molecule has 1 saturated heterocycles. The van der Waals surface area contributed by atoms with Gasteiger partial charge in [-0.2, -0.15) is 0 Å². The Morgan fingerprint density at radius 3 is 1.98 bits per heavy atom. The number of carbonyl (C=O) groups is 4. The fourth-order valence-corrected chi connectivity index (χ4v) is 4.07. The number of benzene rings is 2. The molecule has 0 aliphatic carbocycles. The summed E-state index contributed by atoms with van der Waals surface area (Å²) in [7, 11) is 0. The topological polar surface area (TPSA) is 176 Å². The van der Waals surface area contributed by atoms with Gasteiger partial charge in [0.1, 0.15) is 29.9 Å². The third kappa shape index (κ3) is 7.69. The van der Waals surface area contributed by atoms with Crippen molar-refractivity contribution >= 4 is 29.6 Å². The highest BCUT2D eigenvalue weighted by molar-refractivity contribution is 6.14. The van der Waals surface area contributed by atoms with E-state index >= 15 is 0 Å². The summed E-state index contributed by atoms with van der Waals surface area (Å²) in [6.45, 7) is 4.06. The molecule has 2 aromatic carbocycles. The van der Waals surface area contributed by atoms with Crippen LogP contribution < -0.4 is 4.74 Å². The summed E-state index contributed by atoms with van der Waals surface area (Å²) in [5, 5.41) is 23.6. The number of carbonyl (C=O) groups excluding carboxylic acids is 4. The summed E-state index contributed by atoms with van der Waals surface area (Å²) in [6, 6.07) is 12.7. The van der Waals surface area contributed by atoms with Crippen LogP contribution >= 0.6 is 0 Å². The largest absolute Gasteiger partial charge is 0.507 e. The number of aromatic hydroxyl groups is 1. The van der Waals surface area contributed by atoms with Gasteiger partial charge in [-0.05, 0) is 12.1 Å². The smallest absolute Gasteiger partial charge is 0.303 e. The Balaban J connectivity index is 1.98. The van der Waals surface area contributed by atoms with E-state index in [2.05, 4.69) is 5.16 Å². The first-order valence-corrected chi connectivity index (χ1v) is 12.1. The Labute approximate surface area is 229 Å². The molecule has 2 aromatic rings. The summed E-state index contributed by atoms with van der Waals surface area (Å²) in [5.74, 6) is -3.30. The van der Waals surface area contributed by atoms with Gasteiger partial charge < -0.3 is 38.7 Å². The number of ether oxygens (including phenoxy) is 6. The van der Waals surface area contributed by atoms with E-state index in [9.17, 15) is 29.5 Å². The highest BCUT2D eigenvalue weighted by Crippen LogP contribution is 2.33. The van der Waals surface area contributed by atoms with Crippen molar-refractivity contribution < 1.29 is 57.9 Å². The number of oxime groups is 1. The minimum atomic E-state index is -1.48. The van der Waals surface area contributed by atoms with Crippen molar-refractivity contribution in [3.05, 3.63) is 59.7 Å². The van der Waals surface area contributed by atoms with Gasteiger partial charge in [-0.3, -0.25) is 19.2 Å². The van der Waals surface area contributed by atoms with Crippen LogP contribution in [0, 0.1) is 0 Å². The molecule has 13 nitrogen and oxygen atoms in total. The predicted molar refractivity (Wildman–Crippen MR) is 135 cm³/mol. The Morgan fingerprint density at radius 1 is 0.825 bits per heavy atom. The molecule has 5 atom stereocenters. The molecular formula is C27H29NO12. The Morgan fingerprint density at radius 2 is 1.43 bits per heavy atom. The van der Waals surface area contributed by atoms with Crippen LogP contribution in [0.3, 0.4) is 0 Å². The fraction of sp³-hybridized carbons (Fsp3) is 0.370. The lowest BCUT2D eigenvalue weighted by Gasteiger charge is -2.43. The lowest BCUT2D eigenvalue weighted by molar-refractivity contribution is -0.288. The van der Waals surface area contributed by atoms with Crippen LogP contribution in [0.4, 0.5) is 0 Å². The summed E-state index contributed by atoms with van der Waals surface area (Å²) >= 11 is 0. The molecular weight excluding hydrogens is 530 g/mol. The van der Waals surface area contributed by atoms with E-state index in [4.69, 9.17) is 28.4 Å². The molecule has 0 amide bonds. The van der Waals surface area contributed by atoms with Crippen LogP contribution in [0.2, 0.25) is 0 Å². The molecule has 0 spiro atoms. The van der Waals surface area contributed by atoms with Crippen LogP contribution in [0.15, 0.2) is 53.7 Å². The number of nitrogens with zero attached hydrogens (tertiary/aromatic N) is 1. The average molecular weight is 560 g/mol. The third-order valence-corrected chi connectivity index (χ3v) is 5.57. The van der Waals surface area contributed by atoms with Crippen LogP contribution in [0.25, 0.3) is 0 Å². The van der Waals surface area contributed by atoms with Crippen LogP contribution in [0.1, 0.15) is 38.8 Å². The zero-order valence-corrected chi connectivity index (χ0v) is 22.1. The van der Waals surface area contributed by atoms with E-state index in [0.717, 1.165) is 27.7 Å². The van der Waals surface area contributed by atoms with Gasteiger partial charge >= 0.3 is 23.9 Å². The summed E-state index contributed by atoms with van der Waals surface area (Å²) in [4.78, 5) is 47.3. The SMILES string of the molecule is CC(=O)OCC1OC(Oc2ccc(/C(=N/O)c3ccccc3)c(O)c2)C(OC(C)=O)C(OC(C)=O)C1OC(C)=O. The monoisotopic (exact) mass is 559 g/mol. The number of hydrogen-bond donors (Lipinski definition) is 2. The lowest BCUT2D eigenvalue weighted by atomic mass is 9.98. The van der Waals surface area contributed by atoms with Crippen molar-refractivity contribution in [1.29, 1.82) is 0 Å². The van der Waals surface area contributed by atoms with E-state index in [0.29, 0.717) is 5.56 Å². The van der Waals surface area contributed by atoms with Crippen LogP contribution in [-0.2, 0) is 42.9 Å². The van der Waals surface area contributed by atoms with E-state index in [1.807, 2.05) is 0 Å². The Kier molecular flexibility index (Phi) is 10.0. The van der Waals surface area contributed by atoms with E-state index in [1.54, 1.807) is 30.3 Å². The van der Waals surface area contributed by atoms with Crippen molar-refractivity contribution in [2.45, 2.75) is 58.4 Å². The van der Waals surface area contributed by atoms with Gasteiger partial charge in [0.05, 0.1) is 0 Å². The fourth-order valence-electron chi connectivity index (χ4n) is 4.07. The minimum absolute atomic E-state index is 0.0208. The van der Waals surface area contributed by atoms with Gasteiger partial charge in [-0.25, -0.2) is 0 Å². The van der Waals surface area contributed by atoms with Gasteiger partial charge in [0, 0.05) is 44.9 Å². The first-order chi connectivity index (χ1) is 19.0. The van der Waals surface area contributed by atoms with E-state index in [1.165, 1.54) is 18.2 Å². The number of rotatable bonds is 9. The first-order valence-electron chi connectivity index (χ1n) is 12.1. The molecule has 1 aliphatic rings. The average Bonchev–Trinajstić information content (AvgIpc) is 2.88. The lowest BCUT2D eigenvalue weighted by Crippen LogP contribution is -2.63. The van der Waals surface area contributed by atoms with E-state index in [-0.39, 0.29) is 22.8 Å². The number of phenols is 1. The number of hydrogen-bond acceptors (Lipinski definition) is 13.